The molecule has 2 amide bonds. The Hall–Kier alpha value is -3.73. The molecule has 0 bridgehead atoms. The van der Waals surface area contributed by atoms with Gasteiger partial charge >= 0.3 is 0 Å². The van der Waals surface area contributed by atoms with Gasteiger partial charge in [-0.05, 0) is 55.5 Å². The van der Waals surface area contributed by atoms with E-state index < -0.39 is 34.0 Å². The zero-order valence-corrected chi connectivity index (χ0v) is 24.4. The zero-order valence-electron chi connectivity index (χ0n) is 23.6. The van der Waals surface area contributed by atoms with Gasteiger partial charge in [-0.2, -0.15) is 0 Å². The molecule has 1 aliphatic carbocycles. The fourth-order valence-electron chi connectivity index (χ4n) is 4.47. The van der Waals surface area contributed by atoms with Crippen LogP contribution < -0.4 is 20.3 Å². The Morgan fingerprint density at radius 1 is 0.927 bits per heavy atom. The van der Waals surface area contributed by atoms with E-state index in [1.54, 1.807) is 0 Å². The molecule has 4 rings (SSSR count). The molecule has 1 unspecified atom stereocenters. The zero-order chi connectivity index (χ0) is 29.6. The van der Waals surface area contributed by atoms with Crippen molar-refractivity contribution in [3.63, 3.8) is 0 Å². The second-order valence-electron chi connectivity index (χ2n) is 10.6. The number of nitrogens with zero attached hydrogens (tertiary/aromatic N) is 1. The summed E-state index contributed by atoms with van der Waals surface area (Å²) in [6.45, 7) is 2.17. The molecule has 0 heterocycles. The third-order valence-corrected chi connectivity index (χ3v) is 8.43. The molecular weight excluding hydrogens is 540 g/mol. The van der Waals surface area contributed by atoms with Crippen LogP contribution in [0.3, 0.4) is 0 Å². The quantitative estimate of drug-likeness (QED) is 0.247. The van der Waals surface area contributed by atoms with Crippen LogP contribution in [0.5, 0.6) is 0 Å². The minimum Gasteiger partial charge on any atom is -0.390 e. The average molecular weight is 579 g/mol. The molecular formula is C31H38N4O5S. The van der Waals surface area contributed by atoms with Crippen molar-refractivity contribution >= 4 is 27.5 Å². The number of amides is 2. The second-order valence-corrected chi connectivity index (χ2v) is 12.6. The number of carbonyl (C=O) groups is 2. The monoisotopic (exact) mass is 578 g/mol. The number of hydrogen-bond donors (Lipinski definition) is 4. The van der Waals surface area contributed by atoms with Crippen LogP contribution in [0.15, 0.2) is 78.9 Å². The first kappa shape index (κ1) is 30.2. The highest BCUT2D eigenvalue weighted by molar-refractivity contribution is 7.92. The predicted molar refractivity (Wildman–Crippen MR) is 160 cm³/mol. The number of nitrogens with one attached hydrogen (secondary N) is 3. The fourth-order valence-corrected chi connectivity index (χ4v) is 4.96. The smallest absolute Gasteiger partial charge is 0.251 e. The van der Waals surface area contributed by atoms with Crippen molar-refractivity contribution in [1.82, 2.24) is 16.0 Å². The van der Waals surface area contributed by atoms with Gasteiger partial charge in [-0.15, -0.1) is 0 Å². The lowest BCUT2D eigenvalue weighted by molar-refractivity contribution is 0.0830. The maximum atomic E-state index is 13.6. The molecule has 9 nitrogen and oxygen atoms in total. The summed E-state index contributed by atoms with van der Waals surface area (Å²) in [5.74, 6) is -0.973. The lowest BCUT2D eigenvalue weighted by Crippen LogP contribution is -2.49. The number of anilines is 1. The summed E-state index contributed by atoms with van der Waals surface area (Å²) in [5, 5.41) is 20.2. The molecule has 1 saturated carbocycles. The Balaban J connectivity index is 1.61. The van der Waals surface area contributed by atoms with Gasteiger partial charge in [-0.3, -0.25) is 13.9 Å². The van der Waals surface area contributed by atoms with Gasteiger partial charge in [0, 0.05) is 30.8 Å². The largest absolute Gasteiger partial charge is 0.390 e. The molecule has 10 heteroatoms. The Morgan fingerprint density at radius 2 is 1.49 bits per heavy atom. The second kappa shape index (κ2) is 13.3. The molecule has 3 aromatic rings. The van der Waals surface area contributed by atoms with Crippen molar-refractivity contribution in [2.24, 2.45) is 0 Å². The Kier molecular flexibility index (Phi) is 9.80. The van der Waals surface area contributed by atoms with E-state index in [-0.39, 0.29) is 22.9 Å². The summed E-state index contributed by atoms with van der Waals surface area (Å²) in [6.07, 6.45) is 2.71. The van der Waals surface area contributed by atoms with Crippen molar-refractivity contribution < 1.29 is 23.1 Å². The van der Waals surface area contributed by atoms with Crippen LogP contribution in [-0.2, 0) is 16.4 Å². The topological polar surface area (TPSA) is 128 Å². The summed E-state index contributed by atoms with van der Waals surface area (Å²) in [5.41, 5.74) is 2.27. The third-order valence-electron chi connectivity index (χ3n) is 7.22. The van der Waals surface area contributed by atoms with E-state index in [1.807, 2.05) is 67.6 Å². The number of sulfonamides is 1. The first-order valence-corrected chi connectivity index (χ1v) is 15.6. The van der Waals surface area contributed by atoms with E-state index in [2.05, 4.69) is 16.0 Å². The molecule has 0 aromatic heterocycles. The van der Waals surface area contributed by atoms with Gasteiger partial charge in [0.05, 0.1) is 30.1 Å². The molecule has 0 spiro atoms. The molecule has 1 fully saturated rings. The van der Waals surface area contributed by atoms with Gasteiger partial charge in [0.15, 0.2) is 0 Å². The lowest BCUT2D eigenvalue weighted by Gasteiger charge is -2.25. The van der Waals surface area contributed by atoms with Crippen molar-refractivity contribution in [2.45, 2.75) is 50.4 Å². The summed E-state index contributed by atoms with van der Waals surface area (Å²) in [7, 11) is -2.30. The maximum Gasteiger partial charge on any atom is 0.251 e. The first-order chi connectivity index (χ1) is 19.5. The van der Waals surface area contributed by atoms with Crippen LogP contribution in [0, 0.1) is 0 Å². The number of aliphatic hydroxyl groups excluding tert-OH is 1. The van der Waals surface area contributed by atoms with Gasteiger partial charge in [0.1, 0.15) is 0 Å². The number of benzene rings is 3. The summed E-state index contributed by atoms with van der Waals surface area (Å²) >= 11 is 0. The van der Waals surface area contributed by atoms with Crippen LogP contribution in [0.1, 0.15) is 57.7 Å². The highest BCUT2D eigenvalue weighted by Gasteiger charge is 2.27. The SMILES string of the molecule is C[C@@H](NC(=O)c1cc(C(=O)N[C@@H](Cc2ccccc2)C(O)CNC2CC2)cc(N(C)S(C)(=O)=O)c1)c1ccccc1. The van der Waals surface area contributed by atoms with Crippen molar-refractivity contribution in [1.29, 1.82) is 0 Å². The van der Waals surface area contributed by atoms with Crippen LogP contribution in [0.2, 0.25) is 0 Å². The molecule has 0 radical (unpaired) electrons. The predicted octanol–water partition coefficient (Wildman–Crippen LogP) is 3.03. The Bertz CT molecular complexity index is 1450. The summed E-state index contributed by atoms with van der Waals surface area (Å²) in [4.78, 5) is 26.9. The third kappa shape index (κ3) is 8.63. The number of hydrogen-bond acceptors (Lipinski definition) is 6. The van der Waals surface area contributed by atoms with Crippen molar-refractivity contribution in [3.8, 4) is 0 Å². The standard InChI is InChI=1S/C31H38N4O5S/c1-21(23-12-8-5-9-13-23)33-30(37)24-17-25(19-27(18-24)35(2)41(3,39)40)31(38)34-28(16-22-10-6-4-7-11-22)29(36)20-32-26-14-15-26/h4-13,17-19,21,26,28-29,32,36H,14-16,20H2,1-3H3,(H,33,37)(H,34,38)/t21-,28+,29?/m1/s1. The van der Waals surface area contributed by atoms with Crippen LogP contribution in [-0.4, -0.2) is 63.4 Å². The van der Waals surface area contributed by atoms with E-state index >= 15 is 0 Å². The van der Waals surface area contributed by atoms with Gasteiger partial charge in [-0.1, -0.05) is 60.7 Å². The number of rotatable bonds is 13. The summed E-state index contributed by atoms with van der Waals surface area (Å²) < 4.78 is 25.7. The van der Waals surface area contributed by atoms with E-state index in [4.69, 9.17) is 0 Å². The molecule has 3 aromatic carbocycles. The van der Waals surface area contributed by atoms with E-state index in [9.17, 15) is 23.1 Å². The molecule has 218 valence electrons. The van der Waals surface area contributed by atoms with Crippen molar-refractivity contribution in [3.05, 3.63) is 101 Å². The molecule has 0 aliphatic heterocycles. The molecule has 41 heavy (non-hydrogen) atoms. The minimum atomic E-state index is -3.67. The maximum absolute atomic E-state index is 13.6. The average Bonchev–Trinajstić information content (AvgIpc) is 3.80. The fraction of sp³-hybridized carbons (Fsp3) is 0.355. The van der Waals surface area contributed by atoms with Gasteiger partial charge in [-0.25, -0.2) is 8.42 Å². The molecule has 3 atom stereocenters. The van der Waals surface area contributed by atoms with Crippen molar-refractivity contribution in [2.75, 3.05) is 24.2 Å². The van der Waals surface area contributed by atoms with Crippen LogP contribution in [0.4, 0.5) is 5.69 Å². The molecule has 4 N–H and O–H groups in total. The van der Waals surface area contributed by atoms with Gasteiger partial charge in [0.25, 0.3) is 11.8 Å². The number of carbonyl (C=O) groups excluding carboxylic acids is 2. The normalized spacial score (nSPS) is 15.4. The minimum absolute atomic E-state index is 0.107. The Labute approximate surface area is 242 Å². The van der Waals surface area contributed by atoms with E-state index in [0.29, 0.717) is 19.0 Å². The lowest BCUT2D eigenvalue weighted by atomic mass is 10.00. The summed E-state index contributed by atoms with van der Waals surface area (Å²) in [6, 6.07) is 22.8. The van der Waals surface area contributed by atoms with Crippen LogP contribution >= 0.6 is 0 Å². The molecule has 1 aliphatic rings. The van der Waals surface area contributed by atoms with Gasteiger partial charge in [0.2, 0.25) is 10.0 Å². The van der Waals surface area contributed by atoms with Crippen LogP contribution in [0.25, 0.3) is 0 Å². The van der Waals surface area contributed by atoms with E-state index in [0.717, 1.165) is 34.5 Å². The van der Waals surface area contributed by atoms with E-state index in [1.165, 1.54) is 25.2 Å². The molecule has 0 saturated heterocycles. The highest BCUT2D eigenvalue weighted by Crippen LogP contribution is 2.23. The number of aliphatic hydroxyl groups is 1. The highest BCUT2D eigenvalue weighted by atomic mass is 32.2. The van der Waals surface area contributed by atoms with Gasteiger partial charge < -0.3 is 21.1 Å². The Morgan fingerprint density at radius 3 is 2.05 bits per heavy atom. The first-order valence-electron chi connectivity index (χ1n) is 13.7.